The molecule has 0 aromatic carbocycles. The Morgan fingerprint density at radius 1 is 1.24 bits per heavy atom. The molecule has 0 bridgehead atoms. The van der Waals surface area contributed by atoms with Gasteiger partial charge in [0.1, 0.15) is 0 Å². The Labute approximate surface area is 104 Å². The summed E-state index contributed by atoms with van der Waals surface area (Å²) in [6.45, 7) is 4.19. The molecular formula is C13H25N3O. The van der Waals surface area contributed by atoms with Gasteiger partial charge in [-0.25, -0.2) is 5.01 Å². The van der Waals surface area contributed by atoms with Gasteiger partial charge in [-0.05, 0) is 38.0 Å². The highest BCUT2D eigenvalue weighted by Gasteiger charge is 2.32. The molecule has 17 heavy (non-hydrogen) atoms. The molecule has 3 atom stereocenters. The van der Waals surface area contributed by atoms with E-state index in [9.17, 15) is 4.79 Å². The summed E-state index contributed by atoms with van der Waals surface area (Å²) in [6, 6.07) is 0.0518. The van der Waals surface area contributed by atoms with Crippen molar-refractivity contribution in [2.24, 2.45) is 17.6 Å². The molecular weight excluding hydrogens is 214 g/mol. The van der Waals surface area contributed by atoms with E-state index in [4.69, 9.17) is 5.73 Å². The number of hydrogen-bond acceptors (Lipinski definition) is 3. The molecule has 1 heterocycles. The lowest BCUT2D eigenvalue weighted by Gasteiger charge is -2.34. The number of carbonyl (C=O) groups excluding carboxylic acids is 1. The van der Waals surface area contributed by atoms with E-state index in [1.165, 1.54) is 19.3 Å². The fourth-order valence-corrected chi connectivity index (χ4v) is 2.95. The van der Waals surface area contributed by atoms with E-state index in [1.807, 2.05) is 0 Å². The number of nitrogens with zero attached hydrogens (tertiary/aromatic N) is 1. The summed E-state index contributed by atoms with van der Waals surface area (Å²) in [6.07, 6.45) is 6.75. The molecule has 1 aliphatic carbocycles. The van der Waals surface area contributed by atoms with Gasteiger partial charge in [0.15, 0.2) is 0 Å². The van der Waals surface area contributed by atoms with Crippen LogP contribution in [0.15, 0.2) is 0 Å². The van der Waals surface area contributed by atoms with E-state index in [2.05, 4.69) is 17.4 Å². The van der Waals surface area contributed by atoms with Crippen LogP contribution in [-0.4, -0.2) is 30.0 Å². The van der Waals surface area contributed by atoms with Gasteiger partial charge in [-0.1, -0.05) is 13.3 Å². The first-order valence-corrected chi connectivity index (χ1v) is 6.98. The fourth-order valence-electron chi connectivity index (χ4n) is 2.95. The van der Waals surface area contributed by atoms with E-state index in [1.54, 1.807) is 0 Å². The van der Waals surface area contributed by atoms with Crippen LogP contribution in [0, 0.1) is 11.8 Å². The van der Waals surface area contributed by atoms with Crippen LogP contribution < -0.4 is 11.2 Å². The summed E-state index contributed by atoms with van der Waals surface area (Å²) in [4.78, 5) is 12.2. The number of piperidine rings is 1. The van der Waals surface area contributed by atoms with Crippen molar-refractivity contribution < 1.29 is 4.79 Å². The molecule has 98 valence electrons. The molecule has 3 N–H and O–H groups in total. The molecule has 2 fully saturated rings. The predicted octanol–water partition coefficient (Wildman–Crippen LogP) is 1.27. The zero-order valence-electron chi connectivity index (χ0n) is 10.8. The minimum atomic E-state index is 0.0145. The number of nitrogens with two attached hydrogens (primary N) is 1. The lowest BCUT2D eigenvalue weighted by atomic mass is 9.79. The fraction of sp³-hybridized carbons (Fsp3) is 0.923. The standard InChI is InChI=1S/C13H25N3O/c1-10-5-6-12(14)11(9-10)13(17)15-16-7-3-2-4-8-16/h10-12H,2-9,14H2,1H3,(H,15,17). The van der Waals surface area contributed by atoms with Gasteiger partial charge in [-0.15, -0.1) is 0 Å². The Balaban J connectivity index is 1.85. The molecule has 2 rings (SSSR count). The molecule has 2 aliphatic rings. The van der Waals surface area contributed by atoms with Gasteiger partial charge in [-0.2, -0.15) is 0 Å². The Kier molecular flexibility index (Phi) is 4.40. The van der Waals surface area contributed by atoms with Crippen LogP contribution in [0.3, 0.4) is 0 Å². The highest BCUT2D eigenvalue weighted by molar-refractivity contribution is 5.79. The van der Waals surface area contributed by atoms with Crippen LogP contribution in [0.2, 0.25) is 0 Å². The molecule has 4 nitrogen and oxygen atoms in total. The molecule has 1 aliphatic heterocycles. The molecule has 1 amide bonds. The van der Waals surface area contributed by atoms with E-state index >= 15 is 0 Å². The second kappa shape index (κ2) is 5.83. The predicted molar refractivity (Wildman–Crippen MR) is 68.0 cm³/mol. The summed E-state index contributed by atoms with van der Waals surface area (Å²) < 4.78 is 0. The van der Waals surface area contributed by atoms with Crippen LogP contribution in [0.1, 0.15) is 45.4 Å². The van der Waals surface area contributed by atoms with Gasteiger partial charge in [0.05, 0.1) is 5.92 Å². The van der Waals surface area contributed by atoms with Crippen LogP contribution in [0.25, 0.3) is 0 Å². The third-order valence-electron chi connectivity index (χ3n) is 4.13. The van der Waals surface area contributed by atoms with Crippen molar-refractivity contribution in [1.29, 1.82) is 0 Å². The third kappa shape index (κ3) is 3.42. The topological polar surface area (TPSA) is 58.4 Å². The first kappa shape index (κ1) is 12.8. The largest absolute Gasteiger partial charge is 0.327 e. The normalized spacial score (nSPS) is 35.5. The van der Waals surface area contributed by atoms with Gasteiger partial charge < -0.3 is 5.73 Å². The maximum Gasteiger partial charge on any atom is 0.238 e. The molecule has 1 saturated heterocycles. The van der Waals surface area contributed by atoms with Gasteiger partial charge in [0.25, 0.3) is 0 Å². The molecule has 0 aromatic heterocycles. The number of rotatable bonds is 2. The van der Waals surface area contributed by atoms with Gasteiger partial charge in [0.2, 0.25) is 5.91 Å². The van der Waals surface area contributed by atoms with Crippen LogP contribution in [0.4, 0.5) is 0 Å². The average Bonchev–Trinajstić information content (AvgIpc) is 2.33. The van der Waals surface area contributed by atoms with Gasteiger partial charge >= 0.3 is 0 Å². The average molecular weight is 239 g/mol. The maximum absolute atomic E-state index is 12.2. The quantitative estimate of drug-likeness (QED) is 0.763. The van der Waals surface area contributed by atoms with E-state index in [0.29, 0.717) is 5.92 Å². The van der Waals surface area contributed by atoms with Crippen molar-refractivity contribution in [2.75, 3.05) is 13.1 Å². The van der Waals surface area contributed by atoms with Gasteiger partial charge in [0, 0.05) is 19.1 Å². The zero-order valence-corrected chi connectivity index (χ0v) is 10.8. The Hall–Kier alpha value is -0.610. The summed E-state index contributed by atoms with van der Waals surface area (Å²) in [7, 11) is 0. The molecule has 0 spiro atoms. The van der Waals surface area contributed by atoms with Crippen molar-refractivity contribution in [3.8, 4) is 0 Å². The van der Waals surface area contributed by atoms with Crippen molar-refractivity contribution in [3.63, 3.8) is 0 Å². The highest BCUT2D eigenvalue weighted by atomic mass is 16.2. The van der Waals surface area contributed by atoms with Crippen molar-refractivity contribution in [1.82, 2.24) is 10.4 Å². The number of hydrazine groups is 1. The minimum Gasteiger partial charge on any atom is -0.327 e. The number of amides is 1. The Morgan fingerprint density at radius 2 is 1.94 bits per heavy atom. The van der Waals surface area contributed by atoms with Crippen LogP contribution in [-0.2, 0) is 4.79 Å². The second-order valence-corrected chi connectivity index (χ2v) is 5.71. The van der Waals surface area contributed by atoms with Crippen molar-refractivity contribution in [2.45, 2.75) is 51.5 Å². The Bertz CT molecular complexity index is 263. The third-order valence-corrected chi connectivity index (χ3v) is 4.13. The van der Waals surface area contributed by atoms with Crippen LogP contribution in [0.5, 0.6) is 0 Å². The van der Waals surface area contributed by atoms with Crippen LogP contribution >= 0.6 is 0 Å². The summed E-state index contributed by atoms with van der Waals surface area (Å²) in [5.41, 5.74) is 9.12. The molecule has 1 saturated carbocycles. The summed E-state index contributed by atoms with van der Waals surface area (Å²) in [5.74, 6) is 0.790. The van der Waals surface area contributed by atoms with E-state index in [-0.39, 0.29) is 17.9 Å². The number of nitrogens with one attached hydrogen (secondary N) is 1. The Morgan fingerprint density at radius 3 is 2.65 bits per heavy atom. The lowest BCUT2D eigenvalue weighted by Crippen LogP contribution is -2.52. The first-order chi connectivity index (χ1) is 8.16. The number of carbonyl (C=O) groups is 1. The van der Waals surface area contributed by atoms with Crippen molar-refractivity contribution >= 4 is 5.91 Å². The number of hydrogen-bond donors (Lipinski definition) is 2. The smallest absolute Gasteiger partial charge is 0.238 e. The summed E-state index contributed by atoms with van der Waals surface area (Å²) >= 11 is 0. The minimum absolute atomic E-state index is 0.0145. The molecule has 0 aromatic rings. The SMILES string of the molecule is CC1CCC(N)C(C(=O)NN2CCCCC2)C1. The molecule has 4 heteroatoms. The summed E-state index contributed by atoms with van der Waals surface area (Å²) in [5, 5.41) is 2.07. The van der Waals surface area contributed by atoms with Crippen molar-refractivity contribution in [3.05, 3.63) is 0 Å². The first-order valence-electron chi connectivity index (χ1n) is 6.98. The second-order valence-electron chi connectivity index (χ2n) is 5.71. The maximum atomic E-state index is 12.2. The van der Waals surface area contributed by atoms with Gasteiger partial charge in [-0.3, -0.25) is 10.2 Å². The molecule has 0 radical (unpaired) electrons. The van der Waals surface area contributed by atoms with E-state index in [0.717, 1.165) is 32.4 Å². The lowest BCUT2D eigenvalue weighted by molar-refractivity contribution is -0.132. The monoisotopic (exact) mass is 239 g/mol. The molecule has 3 unspecified atom stereocenters. The zero-order chi connectivity index (χ0) is 12.3. The van der Waals surface area contributed by atoms with E-state index < -0.39 is 0 Å². The highest BCUT2D eigenvalue weighted by Crippen LogP contribution is 2.28.